The minimum Gasteiger partial charge on any atom is -0.443 e. The molecule has 0 amide bonds. The number of aromatic nitrogens is 3. The molecule has 0 unspecified atom stereocenters. The van der Waals surface area contributed by atoms with E-state index in [-0.39, 0.29) is 0 Å². The Balaban J connectivity index is 1.99. The van der Waals surface area contributed by atoms with Gasteiger partial charge >= 0.3 is 0 Å². The van der Waals surface area contributed by atoms with E-state index in [9.17, 15) is 0 Å². The first-order chi connectivity index (χ1) is 12.8. The van der Waals surface area contributed by atoms with Crippen molar-refractivity contribution in [1.29, 1.82) is 0 Å². The van der Waals surface area contributed by atoms with E-state index in [2.05, 4.69) is 82.7 Å². The molecule has 0 radical (unpaired) electrons. The molecular formula is C22H18N3O+. The highest BCUT2D eigenvalue weighted by Crippen LogP contribution is 2.33. The second kappa shape index (κ2) is 5.56. The summed E-state index contributed by atoms with van der Waals surface area (Å²) in [5.74, 6) is 1.09. The first kappa shape index (κ1) is 14.9. The summed E-state index contributed by atoms with van der Waals surface area (Å²) in [6.07, 6.45) is 1.52. The Morgan fingerprint density at radius 3 is 2.54 bits per heavy atom. The summed E-state index contributed by atoms with van der Waals surface area (Å²) in [5, 5.41) is 0. The molecule has 26 heavy (non-hydrogen) atoms. The topological polar surface area (TPSA) is 34.8 Å². The predicted octanol–water partition coefficient (Wildman–Crippen LogP) is 4.57. The van der Waals surface area contributed by atoms with Gasteiger partial charge in [-0.3, -0.25) is 0 Å². The van der Waals surface area contributed by atoms with Crippen LogP contribution in [0.5, 0.6) is 0 Å². The first-order valence-corrected chi connectivity index (χ1v) is 8.64. The van der Waals surface area contributed by atoms with Gasteiger partial charge in [0.05, 0.1) is 12.6 Å². The average molecular weight is 340 g/mol. The summed E-state index contributed by atoms with van der Waals surface area (Å²) in [6, 6.07) is 23.0. The first-order valence-electron chi connectivity index (χ1n) is 8.64. The fourth-order valence-corrected chi connectivity index (χ4v) is 3.75. The molecule has 0 bridgehead atoms. The van der Waals surface area contributed by atoms with E-state index < -0.39 is 0 Å². The number of fused-ring (bicyclic) bond motifs is 2. The van der Waals surface area contributed by atoms with Gasteiger partial charge in [-0.1, -0.05) is 36.4 Å². The Morgan fingerprint density at radius 1 is 0.923 bits per heavy atom. The van der Waals surface area contributed by atoms with Crippen molar-refractivity contribution < 1.29 is 8.98 Å². The Labute approximate surface area is 151 Å². The van der Waals surface area contributed by atoms with E-state index in [0.717, 1.165) is 33.7 Å². The number of hydrogen-bond donors (Lipinski definition) is 0. The van der Waals surface area contributed by atoms with Crippen LogP contribution < -0.4 is 4.57 Å². The molecule has 0 aliphatic carbocycles. The van der Waals surface area contributed by atoms with E-state index in [4.69, 9.17) is 4.42 Å². The van der Waals surface area contributed by atoms with E-state index in [1.807, 2.05) is 12.1 Å². The molecule has 0 saturated carbocycles. The maximum absolute atomic E-state index is 5.56. The molecule has 0 aliphatic heterocycles. The number of nitrogens with zero attached hydrogens (tertiary/aromatic N) is 3. The predicted molar refractivity (Wildman–Crippen MR) is 102 cm³/mol. The van der Waals surface area contributed by atoms with Crippen LogP contribution in [0, 0.1) is 6.92 Å². The second-order valence-corrected chi connectivity index (χ2v) is 6.50. The number of aryl methyl sites for hydroxylation is 2. The Hall–Kier alpha value is -3.40. The maximum atomic E-state index is 5.56. The van der Waals surface area contributed by atoms with Crippen LogP contribution in [0.4, 0.5) is 0 Å². The highest BCUT2D eigenvalue weighted by Gasteiger charge is 2.29. The number of para-hydroxylation sites is 3. The van der Waals surface area contributed by atoms with Crippen molar-refractivity contribution in [2.24, 2.45) is 7.05 Å². The summed E-state index contributed by atoms with van der Waals surface area (Å²) < 4.78 is 10.1. The summed E-state index contributed by atoms with van der Waals surface area (Å²) in [7, 11) is 2.11. The summed E-state index contributed by atoms with van der Waals surface area (Å²) >= 11 is 0. The Bertz CT molecular complexity index is 1250. The number of imidazole rings is 1. The van der Waals surface area contributed by atoms with Crippen molar-refractivity contribution >= 4 is 22.1 Å². The Kier molecular flexibility index (Phi) is 3.19. The lowest BCUT2D eigenvalue weighted by molar-refractivity contribution is -0.633. The zero-order valence-corrected chi connectivity index (χ0v) is 14.7. The molecule has 0 N–H and O–H groups in total. The van der Waals surface area contributed by atoms with Gasteiger partial charge in [0.2, 0.25) is 0 Å². The van der Waals surface area contributed by atoms with Crippen molar-refractivity contribution in [1.82, 2.24) is 9.55 Å². The van der Waals surface area contributed by atoms with Gasteiger partial charge in [0.25, 0.3) is 5.82 Å². The second-order valence-electron chi connectivity index (χ2n) is 6.50. The number of oxazole rings is 1. The van der Waals surface area contributed by atoms with Crippen LogP contribution in [0.15, 0.2) is 77.5 Å². The fraction of sp³-hybridized carbons (Fsp3) is 0.0909. The molecule has 2 aromatic heterocycles. The molecule has 2 heterocycles. The van der Waals surface area contributed by atoms with Crippen LogP contribution in [0.2, 0.25) is 0 Å². The monoisotopic (exact) mass is 340 g/mol. The van der Waals surface area contributed by atoms with Crippen LogP contribution in [0.1, 0.15) is 5.56 Å². The van der Waals surface area contributed by atoms with E-state index in [0.29, 0.717) is 0 Å². The van der Waals surface area contributed by atoms with Crippen LogP contribution in [-0.2, 0) is 7.05 Å². The molecule has 4 nitrogen and oxygen atoms in total. The fourth-order valence-electron chi connectivity index (χ4n) is 3.75. The standard InChI is InChI=1S/C22H18N3O/c1-15-12-13-19-21(23-14-26-19)20(15)22-24(2)17-10-6-7-11-18(17)25(22)16-8-4-3-5-9-16/h3-14H,1-2H3/q+1. The molecule has 5 aromatic rings. The number of benzene rings is 3. The van der Waals surface area contributed by atoms with E-state index >= 15 is 0 Å². The van der Waals surface area contributed by atoms with Crippen LogP contribution >= 0.6 is 0 Å². The lowest BCUT2D eigenvalue weighted by Crippen LogP contribution is -2.30. The molecule has 0 saturated heterocycles. The molecule has 5 rings (SSSR count). The van der Waals surface area contributed by atoms with Gasteiger partial charge in [-0.05, 0) is 42.8 Å². The van der Waals surface area contributed by atoms with Crippen LogP contribution in [-0.4, -0.2) is 9.55 Å². The van der Waals surface area contributed by atoms with Gasteiger partial charge in [-0.2, -0.15) is 4.57 Å². The number of hydrogen-bond acceptors (Lipinski definition) is 2. The van der Waals surface area contributed by atoms with Crippen LogP contribution in [0.25, 0.3) is 39.2 Å². The normalized spacial score (nSPS) is 11.5. The quantitative estimate of drug-likeness (QED) is 0.441. The molecule has 0 spiro atoms. The zero-order chi connectivity index (χ0) is 17.7. The molecular weight excluding hydrogens is 322 g/mol. The molecule has 0 fully saturated rings. The summed E-state index contributed by atoms with van der Waals surface area (Å²) in [5.41, 5.74) is 7.42. The third-order valence-electron chi connectivity index (χ3n) is 4.96. The van der Waals surface area contributed by atoms with Gasteiger partial charge in [0.15, 0.2) is 23.0 Å². The van der Waals surface area contributed by atoms with Gasteiger partial charge < -0.3 is 4.42 Å². The third-order valence-corrected chi connectivity index (χ3v) is 4.96. The summed E-state index contributed by atoms with van der Waals surface area (Å²) in [4.78, 5) is 4.51. The average Bonchev–Trinajstić information content (AvgIpc) is 3.26. The molecule has 3 aromatic carbocycles. The lowest BCUT2D eigenvalue weighted by Gasteiger charge is -2.06. The highest BCUT2D eigenvalue weighted by molar-refractivity contribution is 5.92. The lowest BCUT2D eigenvalue weighted by atomic mass is 10.1. The van der Waals surface area contributed by atoms with Crippen molar-refractivity contribution in [2.45, 2.75) is 6.92 Å². The molecule has 126 valence electrons. The van der Waals surface area contributed by atoms with Gasteiger partial charge in [-0.15, -0.1) is 0 Å². The SMILES string of the molecule is Cc1ccc2ocnc2c1-c1n(-c2ccccc2)c2ccccc2[n+]1C. The van der Waals surface area contributed by atoms with E-state index in [1.54, 1.807) is 0 Å². The van der Waals surface area contributed by atoms with Crippen molar-refractivity contribution in [3.63, 3.8) is 0 Å². The van der Waals surface area contributed by atoms with Gasteiger partial charge in [0.1, 0.15) is 11.2 Å². The van der Waals surface area contributed by atoms with Crippen molar-refractivity contribution in [2.75, 3.05) is 0 Å². The third kappa shape index (κ3) is 2.02. The minimum absolute atomic E-state index is 0.801. The minimum atomic E-state index is 0.801. The molecule has 0 aliphatic rings. The zero-order valence-electron chi connectivity index (χ0n) is 14.7. The van der Waals surface area contributed by atoms with Crippen molar-refractivity contribution in [3.8, 4) is 17.1 Å². The summed E-state index contributed by atoms with van der Waals surface area (Å²) in [6.45, 7) is 2.12. The van der Waals surface area contributed by atoms with Gasteiger partial charge in [-0.25, -0.2) is 9.55 Å². The maximum Gasteiger partial charge on any atom is 0.297 e. The molecule has 4 heteroatoms. The largest absolute Gasteiger partial charge is 0.443 e. The smallest absolute Gasteiger partial charge is 0.297 e. The van der Waals surface area contributed by atoms with Crippen LogP contribution in [0.3, 0.4) is 0 Å². The number of rotatable bonds is 2. The molecule has 0 atom stereocenters. The van der Waals surface area contributed by atoms with Gasteiger partial charge in [0, 0.05) is 0 Å². The Morgan fingerprint density at radius 2 is 1.69 bits per heavy atom. The van der Waals surface area contributed by atoms with Crippen molar-refractivity contribution in [3.05, 3.63) is 78.7 Å². The highest BCUT2D eigenvalue weighted by atomic mass is 16.3. The van der Waals surface area contributed by atoms with E-state index in [1.165, 1.54) is 17.5 Å².